The summed E-state index contributed by atoms with van der Waals surface area (Å²) in [6, 6.07) is 1.55. The Kier molecular flexibility index (Phi) is 15.0. The fourth-order valence-electron chi connectivity index (χ4n) is 4.47. The first-order chi connectivity index (χ1) is 22.1. The largest absolute Gasteiger partial charge is 0.480 e. The molecular weight excluding hydrogens is 612 g/mol. The molecule has 6 atom stereocenters. The van der Waals surface area contributed by atoms with Crippen LogP contribution in [0.2, 0.25) is 0 Å². The van der Waals surface area contributed by atoms with Crippen molar-refractivity contribution in [1.29, 1.82) is 0 Å². The lowest BCUT2D eigenvalue weighted by Gasteiger charge is -2.29. The maximum atomic E-state index is 13.7. The Morgan fingerprint density at radius 2 is 1.23 bits per heavy atom. The first kappa shape index (κ1) is 38.4. The molecule has 2 rings (SSSR count). The van der Waals surface area contributed by atoms with E-state index in [2.05, 4.69) is 36.6 Å². The van der Waals surface area contributed by atoms with Crippen LogP contribution in [-0.4, -0.2) is 98.5 Å². The number of aliphatic carboxylic acids is 1. The van der Waals surface area contributed by atoms with E-state index in [-0.39, 0.29) is 12.8 Å². The second-order valence-electron chi connectivity index (χ2n) is 11.9. The smallest absolute Gasteiger partial charge is 0.326 e. The minimum absolute atomic E-state index is 0.0214. The van der Waals surface area contributed by atoms with Gasteiger partial charge in [0.15, 0.2) is 0 Å². The van der Waals surface area contributed by atoms with Crippen LogP contribution in [0.1, 0.15) is 45.9 Å². The summed E-state index contributed by atoms with van der Waals surface area (Å²) in [5.41, 5.74) is 6.71. The number of aliphatic hydroxyl groups is 1. The molecule has 0 aliphatic carbocycles. The molecule has 0 aliphatic rings. The van der Waals surface area contributed by atoms with Gasteiger partial charge in [-0.25, -0.2) is 9.78 Å². The number of carboxylic acids is 1. The Bertz CT molecular complexity index is 1350. The molecule has 47 heavy (non-hydrogen) atoms. The van der Waals surface area contributed by atoms with Crippen LogP contribution in [0.25, 0.3) is 0 Å². The van der Waals surface area contributed by atoms with Crippen molar-refractivity contribution in [1.82, 2.24) is 36.6 Å². The van der Waals surface area contributed by atoms with E-state index < -0.39 is 90.2 Å². The summed E-state index contributed by atoms with van der Waals surface area (Å²) in [4.78, 5) is 84.1. The Labute approximate surface area is 273 Å². The van der Waals surface area contributed by atoms with Crippen molar-refractivity contribution in [2.75, 3.05) is 6.61 Å². The number of benzene rings is 1. The van der Waals surface area contributed by atoms with Gasteiger partial charge in [-0.3, -0.25) is 24.0 Å². The Balaban J connectivity index is 2.24. The van der Waals surface area contributed by atoms with Gasteiger partial charge >= 0.3 is 5.97 Å². The topological polar surface area (TPSA) is 258 Å². The number of nitrogens with zero attached hydrogens (tertiary/aromatic N) is 1. The van der Waals surface area contributed by atoms with Crippen molar-refractivity contribution in [2.45, 2.75) is 83.7 Å². The molecule has 1 heterocycles. The molecule has 10 N–H and O–H groups in total. The molecule has 0 spiro atoms. The van der Waals surface area contributed by atoms with Crippen molar-refractivity contribution in [3.05, 3.63) is 54.1 Å². The first-order valence-corrected chi connectivity index (χ1v) is 15.3. The first-order valence-electron chi connectivity index (χ1n) is 15.3. The number of rotatable bonds is 18. The molecule has 16 nitrogen and oxygen atoms in total. The number of aromatic amines is 1. The molecule has 1 aromatic heterocycles. The lowest BCUT2D eigenvalue weighted by atomic mass is 9.99. The third-order valence-corrected chi connectivity index (χ3v) is 7.23. The van der Waals surface area contributed by atoms with E-state index in [1.165, 1.54) is 19.4 Å². The highest BCUT2D eigenvalue weighted by atomic mass is 16.4. The normalized spacial score (nSPS) is 15.0. The fourth-order valence-corrected chi connectivity index (χ4v) is 4.47. The zero-order chi connectivity index (χ0) is 35.3. The summed E-state index contributed by atoms with van der Waals surface area (Å²) in [7, 11) is 0. The maximum Gasteiger partial charge on any atom is 0.326 e. The van der Waals surface area contributed by atoms with E-state index in [9.17, 15) is 39.0 Å². The average Bonchev–Trinajstić information content (AvgIpc) is 3.53. The van der Waals surface area contributed by atoms with E-state index in [4.69, 9.17) is 5.73 Å². The van der Waals surface area contributed by atoms with Crippen molar-refractivity contribution >= 4 is 35.5 Å². The molecule has 0 radical (unpaired) electrons. The zero-order valence-electron chi connectivity index (χ0n) is 27.2. The number of carbonyl (C=O) groups is 6. The highest BCUT2D eigenvalue weighted by Crippen LogP contribution is 2.10. The van der Waals surface area contributed by atoms with Crippen LogP contribution in [-0.2, 0) is 41.6 Å². The van der Waals surface area contributed by atoms with Crippen LogP contribution in [0.15, 0.2) is 42.9 Å². The fraction of sp³-hybridized carbons (Fsp3) is 0.516. The molecule has 2 aromatic rings. The average molecular weight is 659 g/mol. The van der Waals surface area contributed by atoms with Crippen LogP contribution in [0.4, 0.5) is 0 Å². The van der Waals surface area contributed by atoms with Gasteiger partial charge in [-0.1, -0.05) is 58.0 Å². The zero-order valence-corrected chi connectivity index (χ0v) is 27.2. The van der Waals surface area contributed by atoms with E-state index in [1.807, 2.05) is 0 Å². The molecule has 0 unspecified atom stereocenters. The summed E-state index contributed by atoms with van der Waals surface area (Å²) in [6.07, 6.45) is 2.79. The standard InChI is InChI=1S/C31H46N8O8/c1-16(2)24(39-28(43)23(14-40)37-26(41)18(5)32)29(44)35-21(12-20-13-33-15-34-20)27(42)38-25(17(3)4)30(45)36-22(31(46)47)11-19-9-7-6-8-10-19/h6-10,13,15-18,21-25,40H,11-12,14,32H2,1-5H3,(H,33,34)(H,35,44)(H,36,45)(H,37,41)(H,38,42)(H,39,43)(H,46,47)/t18-,21-,22-,23-,24-,25-/m0/s1. The summed E-state index contributed by atoms with van der Waals surface area (Å²) in [6.45, 7) is 7.29. The van der Waals surface area contributed by atoms with Gasteiger partial charge in [0, 0.05) is 24.7 Å². The van der Waals surface area contributed by atoms with E-state index in [0.29, 0.717) is 11.3 Å². The van der Waals surface area contributed by atoms with Gasteiger partial charge < -0.3 is 47.5 Å². The molecule has 0 fully saturated rings. The number of aromatic nitrogens is 2. The van der Waals surface area contributed by atoms with Crippen molar-refractivity contribution in [3.8, 4) is 0 Å². The second-order valence-corrected chi connectivity index (χ2v) is 11.9. The van der Waals surface area contributed by atoms with Crippen LogP contribution >= 0.6 is 0 Å². The Morgan fingerprint density at radius 3 is 1.68 bits per heavy atom. The molecule has 0 saturated carbocycles. The number of H-pyrrole nitrogens is 1. The van der Waals surface area contributed by atoms with Gasteiger partial charge in [-0.2, -0.15) is 0 Å². The number of nitrogens with two attached hydrogens (primary N) is 1. The van der Waals surface area contributed by atoms with Gasteiger partial charge in [0.05, 0.1) is 19.0 Å². The highest BCUT2D eigenvalue weighted by Gasteiger charge is 2.34. The summed E-state index contributed by atoms with van der Waals surface area (Å²) >= 11 is 0. The lowest BCUT2D eigenvalue weighted by Crippen LogP contribution is -2.61. The van der Waals surface area contributed by atoms with Crippen LogP contribution in [0.3, 0.4) is 0 Å². The number of aliphatic hydroxyl groups excluding tert-OH is 1. The molecule has 1 aromatic carbocycles. The highest BCUT2D eigenvalue weighted by molar-refractivity contribution is 5.96. The van der Waals surface area contributed by atoms with Crippen LogP contribution in [0.5, 0.6) is 0 Å². The Morgan fingerprint density at radius 1 is 0.723 bits per heavy atom. The van der Waals surface area contributed by atoms with E-state index in [1.54, 1.807) is 58.0 Å². The van der Waals surface area contributed by atoms with Crippen molar-refractivity contribution in [3.63, 3.8) is 0 Å². The number of nitrogens with one attached hydrogen (secondary N) is 6. The van der Waals surface area contributed by atoms with Gasteiger partial charge in [0.1, 0.15) is 30.2 Å². The number of hydrogen-bond donors (Lipinski definition) is 9. The summed E-state index contributed by atoms with van der Waals surface area (Å²) in [5.74, 6) is -5.96. The predicted octanol–water partition coefficient (Wildman–Crippen LogP) is -1.64. The number of imidazole rings is 1. The number of carbonyl (C=O) groups excluding carboxylic acids is 5. The monoisotopic (exact) mass is 658 g/mol. The van der Waals surface area contributed by atoms with Gasteiger partial charge in [-0.05, 0) is 24.3 Å². The van der Waals surface area contributed by atoms with E-state index in [0.717, 1.165) is 0 Å². The summed E-state index contributed by atoms with van der Waals surface area (Å²) in [5, 5.41) is 32.0. The summed E-state index contributed by atoms with van der Waals surface area (Å²) < 4.78 is 0. The van der Waals surface area contributed by atoms with Gasteiger partial charge in [0.25, 0.3) is 0 Å². The van der Waals surface area contributed by atoms with Gasteiger partial charge in [-0.15, -0.1) is 0 Å². The minimum Gasteiger partial charge on any atom is -0.480 e. The minimum atomic E-state index is -1.38. The molecule has 5 amide bonds. The van der Waals surface area contributed by atoms with Crippen LogP contribution < -0.4 is 32.3 Å². The van der Waals surface area contributed by atoms with E-state index >= 15 is 0 Å². The number of hydrogen-bond acceptors (Lipinski definition) is 9. The molecule has 258 valence electrons. The third kappa shape index (κ3) is 12.1. The van der Waals surface area contributed by atoms with Crippen molar-refractivity contribution in [2.24, 2.45) is 17.6 Å². The van der Waals surface area contributed by atoms with Gasteiger partial charge in [0.2, 0.25) is 29.5 Å². The second kappa shape index (κ2) is 18.3. The molecule has 0 bridgehead atoms. The van der Waals surface area contributed by atoms with Crippen molar-refractivity contribution < 1.29 is 39.0 Å². The number of carboxylic acid groups (broad SMARTS) is 1. The molecule has 0 saturated heterocycles. The SMILES string of the molecule is CC(C)[C@H](NC(=O)[C@H](Cc1cnc[nH]1)NC(=O)[C@@H](NC(=O)[C@H](CO)NC(=O)[C@H](C)N)C(C)C)C(=O)N[C@@H](Cc1ccccc1)C(=O)O. The molecule has 0 aliphatic heterocycles. The quantitative estimate of drug-likeness (QED) is 0.0882. The third-order valence-electron chi connectivity index (χ3n) is 7.23. The number of amides is 5. The van der Waals surface area contributed by atoms with Crippen LogP contribution in [0, 0.1) is 11.8 Å². The Hall–Kier alpha value is -4.83. The molecular formula is C31H46N8O8. The maximum absolute atomic E-state index is 13.7. The lowest BCUT2D eigenvalue weighted by molar-refractivity contribution is -0.142. The molecule has 16 heteroatoms. The predicted molar refractivity (Wildman–Crippen MR) is 170 cm³/mol.